The van der Waals surface area contributed by atoms with Gasteiger partial charge >= 0.3 is 0 Å². The van der Waals surface area contributed by atoms with Crippen LogP contribution in [0.2, 0.25) is 0 Å². The Labute approximate surface area is 169 Å². The molecule has 0 saturated carbocycles. The highest BCUT2D eigenvalue weighted by atomic mass is 19.2. The Morgan fingerprint density at radius 1 is 1.10 bits per heavy atom. The summed E-state index contributed by atoms with van der Waals surface area (Å²) in [4.78, 5) is 16.9. The summed E-state index contributed by atoms with van der Waals surface area (Å²) in [6.07, 6.45) is 3.74. The van der Waals surface area contributed by atoms with Gasteiger partial charge in [-0.05, 0) is 48.9 Å². The average Bonchev–Trinajstić information content (AvgIpc) is 3.17. The van der Waals surface area contributed by atoms with E-state index in [-0.39, 0.29) is 12.2 Å². The van der Waals surface area contributed by atoms with Gasteiger partial charge in [0.15, 0.2) is 17.5 Å². The highest BCUT2D eigenvalue weighted by molar-refractivity contribution is 6.04. The van der Waals surface area contributed by atoms with Gasteiger partial charge in [-0.25, -0.2) is 18.2 Å². The summed E-state index contributed by atoms with van der Waals surface area (Å²) in [5.41, 5.74) is 2.29. The Hall–Kier alpha value is -3.81. The molecule has 4 aromatic rings. The molecule has 1 N–H and O–H groups in total. The second-order valence-electron chi connectivity index (χ2n) is 6.65. The number of carbonyl (C=O) groups is 1. The van der Waals surface area contributed by atoms with Crippen molar-refractivity contribution < 1.29 is 22.7 Å². The van der Waals surface area contributed by atoms with Crippen molar-refractivity contribution in [1.29, 1.82) is 0 Å². The zero-order valence-electron chi connectivity index (χ0n) is 15.8. The molecular formula is C22H16F3N3O2. The molecule has 0 bridgehead atoms. The van der Waals surface area contributed by atoms with Gasteiger partial charge in [0.1, 0.15) is 18.0 Å². The number of hydrogen-bond donors (Lipinski definition) is 1. The molecule has 8 heteroatoms. The molecule has 152 valence electrons. The normalized spacial score (nSPS) is 10.9. The van der Waals surface area contributed by atoms with Crippen molar-refractivity contribution in [2.75, 3.05) is 5.32 Å². The van der Waals surface area contributed by atoms with Crippen LogP contribution in [-0.2, 0) is 6.61 Å². The minimum absolute atomic E-state index is 0.169. The van der Waals surface area contributed by atoms with Crippen LogP contribution < -0.4 is 10.1 Å². The molecule has 0 unspecified atom stereocenters. The number of carbonyl (C=O) groups excluding carboxylic acids is 1. The molecule has 1 amide bonds. The molecule has 0 fully saturated rings. The highest BCUT2D eigenvalue weighted by Gasteiger charge is 2.16. The zero-order chi connectivity index (χ0) is 21.3. The molecular weight excluding hydrogens is 395 g/mol. The van der Waals surface area contributed by atoms with Gasteiger partial charge < -0.3 is 14.5 Å². The summed E-state index contributed by atoms with van der Waals surface area (Å²) >= 11 is 0. The monoisotopic (exact) mass is 411 g/mol. The number of halogens is 3. The van der Waals surface area contributed by atoms with E-state index in [1.165, 1.54) is 12.1 Å². The maximum atomic E-state index is 13.8. The first-order valence-electron chi connectivity index (χ1n) is 9.03. The van der Waals surface area contributed by atoms with Gasteiger partial charge in [-0.3, -0.25) is 4.79 Å². The van der Waals surface area contributed by atoms with E-state index in [0.29, 0.717) is 11.4 Å². The number of aromatic nitrogens is 2. The van der Waals surface area contributed by atoms with E-state index in [0.717, 1.165) is 23.3 Å². The van der Waals surface area contributed by atoms with Crippen molar-refractivity contribution in [3.63, 3.8) is 0 Å². The minimum Gasteiger partial charge on any atom is -0.487 e. The van der Waals surface area contributed by atoms with Crippen molar-refractivity contribution in [2.24, 2.45) is 0 Å². The number of fused-ring (bicyclic) bond motifs is 1. The van der Waals surface area contributed by atoms with E-state index >= 15 is 0 Å². The van der Waals surface area contributed by atoms with Gasteiger partial charge in [-0.1, -0.05) is 12.1 Å². The first kappa shape index (κ1) is 19.5. The van der Waals surface area contributed by atoms with Gasteiger partial charge in [0.05, 0.1) is 11.4 Å². The van der Waals surface area contributed by atoms with Crippen molar-refractivity contribution in [3.8, 4) is 5.75 Å². The Kier molecular flexibility index (Phi) is 5.14. The number of hydrogen-bond acceptors (Lipinski definition) is 3. The summed E-state index contributed by atoms with van der Waals surface area (Å²) in [7, 11) is 0. The van der Waals surface area contributed by atoms with Crippen LogP contribution in [0.4, 0.5) is 18.9 Å². The van der Waals surface area contributed by atoms with Crippen LogP contribution in [-0.4, -0.2) is 15.3 Å². The Balaban J connectivity index is 1.47. The van der Waals surface area contributed by atoms with Crippen molar-refractivity contribution in [3.05, 3.63) is 95.2 Å². The lowest BCUT2D eigenvalue weighted by molar-refractivity contribution is 0.102. The maximum Gasteiger partial charge on any atom is 0.255 e. The van der Waals surface area contributed by atoms with E-state index in [1.54, 1.807) is 12.1 Å². The first-order chi connectivity index (χ1) is 14.4. The third-order valence-corrected chi connectivity index (χ3v) is 4.49. The summed E-state index contributed by atoms with van der Waals surface area (Å²) < 4.78 is 47.8. The number of imidazole rings is 1. The van der Waals surface area contributed by atoms with Gasteiger partial charge in [0.2, 0.25) is 0 Å². The molecule has 4 rings (SSSR count). The summed E-state index contributed by atoms with van der Waals surface area (Å²) in [6, 6.07) is 11.8. The standard InChI is InChI=1S/C22H16F3N3O2/c1-13-4-3-9-28-11-15(26-21(13)28)12-30-16-6-2-5-14(10-16)22(29)27-18-8-7-17(23)19(24)20(18)25/h2-11H,12H2,1H3,(H,27,29). The number of amides is 1. The average molecular weight is 411 g/mol. The van der Waals surface area contributed by atoms with E-state index in [4.69, 9.17) is 4.74 Å². The van der Waals surface area contributed by atoms with Gasteiger partial charge in [0, 0.05) is 18.0 Å². The molecule has 0 aliphatic rings. The molecule has 0 radical (unpaired) electrons. The third kappa shape index (κ3) is 3.84. The number of benzene rings is 2. The Morgan fingerprint density at radius 3 is 2.73 bits per heavy atom. The van der Waals surface area contributed by atoms with Gasteiger partial charge in [-0.2, -0.15) is 0 Å². The largest absolute Gasteiger partial charge is 0.487 e. The minimum atomic E-state index is -1.65. The van der Waals surface area contributed by atoms with Crippen LogP contribution in [0.3, 0.4) is 0 Å². The molecule has 0 spiro atoms. The fourth-order valence-electron chi connectivity index (χ4n) is 2.98. The molecule has 0 aliphatic carbocycles. The quantitative estimate of drug-likeness (QED) is 0.476. The predicted molar refractivity (Wildman–Crippen MR) is 105 cm³/mol. The predicted octanol–water partition coefficient (Wildman–Crippen LogP) is 4.89. The number of aryl methyl sites for hydroxylation is 1. The first-order valence-corrected chi connectivity index (χ1v) is 9.03. The number of nitrogens with one attached hydrogen (secondary N) is 1. The van der Waals surface area contributed by atoms with E-state index in [2.05, 4.69) is 10.3 Å². The highest BCUT2D eigenvalue weighted by Crippen LogP contribution is 2.22. The number of pyridine rings is 1. The van der Waals surface area contributed by atoms with Crippen LogP contribution in [0.5, 0.6) is 5.75 Å². The summed E-state index contributed by atoms with van der Waals surface area (Å²) in [5.74, 6) is -4.72. The third-order valence-electron chi connectivity index (χ3n) is 4.49. The molecule has 5 nitrogen and oxygen atoms in total. The summed E-state index contributed by atoms with van der Waals surface area (Å²) in [5, 5.41) is 2.23. The molecule has 30 heavy (non-hydrogen) atoms. The zero-order valence-corrected chi connectivity index (χ0v) is 15.8. The second kappa shape index (κ2) is 7.90. The molecule has 0 atom stereocenters. The number of ether oxygens (including phenoxy) is 1. The number of rotatable bonds is 5. The Bertz CT molecular complexity index is 1250. The second-order valence-corrected chi connectivity index (χ2v) is 6.65. The maximum absolute atomic E-state index is 13.8. The molecule has 2 aromatic carbocycles. The lowest BCUT2D eigenvalue weighted by atomic mass is 10.2. The molecule has 0 saturated heterocycles. The van der Waals surface area contributed by atoms with Gasteiger partial charge in [0.25, 0.3) is 5.91 Å². The summed E-state index contributed by atoms with van der Waals surface area (Å²) in [6.45, 7) is 2.15. The lowest BCUT2D eigenvalue weighted by Crippen LogP contribution is -2.14. The van der Waals surface area contributed by atoms with Crippen LogP contribution in [0.25, 0.3) is 5.65 Å². The van der Waals surface area contributed by atoms with Crippen LogP contribution >= 0.6 is 0 Å². The topological polar surface area (TPSA) is 55.6 Å². The molecule has 0 aliphatic heterocycles. The molecule has 2 aromatic heterocycles. The SMILES string of the molecule is Cc1cccn2cc(COc3cccc(C(=O)Nc4ccc(F)c(F)c4F)c3)nc12. The smallest absolute Gasteiger partial charge is 0.255 e. The Morgan fingerprint density at radius 2 is 1.93 bits per heavy atom. The van der Waals surface area contributed by atoms with Crippen molar-refractivity contribution >= 4 is 17.2 Å². The van der Waals surface area contributed by atoms with Crippen molar-refractivity contribution in [2.45, 2.75) is 13.5 Å². The fraction of sp³-hybridized carbons (Fsp3) is 0.0909. The van der Waals surface area contributed by atoms with Gasteiger partial charge in [-0.15, -0.1) is 0 Å². The van der Waals surface area contributed by atoms with E-state index < -0.39 is 29.0 Å². The fourth-order valence-corrected chi connectivity index (χ4v) is 2.98. The molecule has 2 heterocycles. The van der Waals surface area contributed by atoms with Crippen molar-refractivity contribution in [1.82, 2.24) is 9.38 Å². The van der Waals surface area contributed by atoms with E-state index in [1.807, 2.05) is 35.9 Å². The number of anilines is 1. The van der Waals surface area contributed by atoms with Crippen LogP contribution in [0, 0.1) is 24.4 Å². The van der Waals surface area contributed by atoms with Crippen LogP contribution in [0.15, 0.2) is 60.9 Å². The van der Waals surface area contributed by atoms with Crippen LogP contribution in [0.1, 0.15) is 21.6 Å². The number of nitrogens with zero attached hydrogens (tertiary/aromatic N) is 2. The lowest BCUT2D eigenvalue weighted by Gasteiger charge is -2.09. The van der Waals surface area contributed by atoms with E-state index in [9.17, 15) is 18.0 Å².